The van der Waals surface area contributed by atoms with Crippen LogP contribution >= 0.6 is 15.9 Å². The average molecular weight is 286 g/mol. The number of nitrogens with one attached hydrogen (secondary N) is 1. The summed E-state index contributed by atoms with van der Waals surface area (Å²) in [5, 5.41) is 3.41. The molecule has 1 N–H and O–H groups in total. The topological polar surface area (TPSA) is 30.5 Å². The lowest BCUT2D eigenvalue weighted by atomic mass is 10.2. The number of anilines is 1. The van der Waals surface area contributed by atoms with Crippen molar-refractivity contribution in [3.05, 3.63) is 28.2 Å². The molecule has 0 spiro atoms. The van der Waals surface area contributed by atoms with E-state index in [9.17, 15) is 0 Å². The standard InChI is InChI=1S/C12H16BrNO2/c1-9-2-3-10(13)6-12(9)14-7-11-4-5-15-8-16-11/h2-3,6,11,14H,4-5,7-8H2,1H3. The van der Waals surface area contributed by atoms with Crippen molar-refractivity contribution in [3.63, 3.8) is 0 Å². The Bertz CT molecular complexity index is 351. The van der Waals surface area contributed by atoms with Gasteiger partial charge in [0.05, 0.1) is 12.7 Å². The number of benzene rings is 1. The molecule has 0 radical (unpaired) electrons. The Morgan fingerprint density at radius 2 is 2.38 bits per heavy atom. The van der Waals surface area contributed by atoms with E-state index in [0.717, 1.165) is 29.7 Å². The Hall–Kier alpha value is -0.580. The Balaban J connectivity index is 1.90. The van der Waals surface area contributed by atoms with Gasteiger partial charge in [-0.05, 0) is 31.0 Å². The highest BCUT2D eigenvalue weighted by atomic mass is 79.9. The maximum absolute atomic E-state index is 5.47. The van der Waals surface area contributed by atoms with Crippen LogP contribution in [0.1, 0.15) is 12.0 Å². The molecular weight excluding hydrogens is 270 g/mol. The smallest absolute Gasteiger partial charge is 0.147 e. The van der Waals surface area contributed by atoms with Crippen molar-refractivity contribution in [2.45, 2.75) is 19.4 Å². The Morgan fingerprint density at radius 3 is 3.12 bits per heavy atom. The van der Waals surface area contributed by atoms with Gasteiger partial charge in [0.15, 0.2) is 0 Å². The number of ether oxygens (including phenoxy) is 2. The molecule has 0 amide bonds. The molecule has 1 heterocycles. The van der Waals surface area contributed by atoms with Gasteiger partial charge in [-0.3, -0.25) is 0 Å². The van der Waals surface area contributed by atoms with Crippen LogP contribution in [0.2, 0.25) is 0 Å². The number of hydrogen-bond donors (Lipinski definition) is 1. The van der Waals surface area contributed by atoms with E-state index in [-0.39, 0.29) is 6.10 Å². The molecule has 1 saturated heterocycles. The van der Waals surface area contributed by atoms with E-state index in [2.05, 4.69) is 40.3 Å². The van der Waals surface area contributed by atoms with Gasteiger partial charge >= 0.3 is 0 Å². The van der Waals surface area contributed by atoms with Gasteiger partial charge < -0.3 is 14.8 Å². The van der Waals surface area contributed by atoms with Gasteiger partial charge in [0.1, 0.15) is 6.79 Å². The summed E-state index contributed by atoms with van der Waals surface area (Å²) in [6, 6.07) is 6.23. The highest BCUT2D eigenvalue weighted by Crippen LogP contribution is 2.21. The van der Waals surface area contributed by atoms with Crippen LogP contribution in [0.15, 0.2) is 22.7 Å². The minimum Gasteiger partial charge on any atom is -0.382 e. The zero-order valence-electron chi connectivity index (χ0n) is 9.33. The molecule has 1 aromatic carbocycles. The lowest BCUT2D eigenvalue weighted by molar-refractivity contribution is -0.133. The van der Waals surface area contributed by atoms with E-state index in [4.69, 9.17) is 9.47 Å². The predicted octanol–water partition coefficient (Wildman–Crippen LogP) is 2.93. The Kier molecular flexibility index (Phi) is 4.21. The van der Waals surface area contributed by atoms with E-state index in [1.807, 2.05) is 6.07 Å². The Labute approximate surface area is 104 Å². The lowest BCUT2D eigenvalue weighted by Crippen LogP contribution is -2.30. The number of hydrogen-bond acceptors (Lipinski definition) is 3. The third-order valence-corrected chi connectivity index (χ3v) is 3.18. The molecule has 0 bridgehead atoms. The molecule has 88 valence electrons. The molecule has 1 aromatic rings. The highest BCUT2D eigenvalue weighted by Gasteiger charge is 2.13. The summed E-state index contributed by atoms with van der Waals surface area (Å²) in [6.45, 7) is 4.15. The summed E-state index contributed by atoms with van der Waals surface area (Å²) in [5.74, 6) is 0. The van der Waals surface area contributed by atoms with Crippen molar-refractivity contribution in [1.82, 2.24) is 0 Å². The third-order valence-electron chi connectivity index (χ3n) is 2.69. The number of aryl methyl sites for hydroxylation is 1. The summed E-state index contributed by atoms with van der Waals surface area (Å²) in [4.78, 5) is 0. The van der Waals surface area contributed by atoms with E-state index in [0.29, 0.717) is 6.79 Å². The summed E-state index contributed by atoms with van der Waals surface area (Å²) >= 11 is 3.47. The molecule has 1 unspecified atom stereocenters. The summed E-state index contributed by atoms with van der Waals surface area (Å²) in [5.41, 5.74) is 2.40. The first-order chi connectivity index (χ1) is 7.75. The average Bonchev–Trinajstić information content (AvgIpc) is 2.32. The summed E-state index contributed by atoms with van der Waals surface area (Å²) in [6.07, 6.45) is 1.21. The molecule has 1 fully saturated rings. The number of halogens is 1. The fourth-order valence-electron chi connectivity index (χ4n) is 1.67. The van der Waals surface area contributed by atoms with E-state index < -0.39 is 0 Å². The maximum atomic E-state index is 5.47. The first kappa shape index (κ1) is 11.9. The van der Waals surface area contributed by atoms with Crippen molar-refractivity contribution in [1.29, 1.82) is 0 Å². The first-order valence-corrected chi connectivity index (χ1v) is 6.24. The normalized spacial score (nSPS) is 20.8. The minimum atomic E-state index is 0.257. The van der Waals surface area contributed by atoms with Crippen molar-refractivity contribution in [2.75, 3.05) is 25.3 Å². The van der Waals surface area contributed by atoms with Crippen LogP contribution in [0.3, 0.4) is 0 Å². The van der Waals surface area contributed by atoms with Crippen LogP contribution in [0.25, 0.3) is 0 Å². The monoisotopic (exact) mass is 285 g/mol. The van der Waals surface area contributed by atoms with Crippen molar-refractivity contribution >= 4 is 21.6 Å². The molecule has 1 aliphatic rings. The Morgan fingerprint density at radius 1 is 1.50 bits per heavy atom. The molecule has 16 heavy (non-hydrogen) atoms. The second-order valence-electron chi connectivity index (χ2n) is 3.94. The molecule has 0 aromatic heterocycles. The van der Waals surface area contributed by atoms with E-state index >= 15 is 0 Å². The van der Waals surface area contributed by atoms with Crippen molar-refractivity contribution < 1.29 is 9.47 Å². The maximum Gasteiger partial charge on any atom is 0.147 e. The second-order valence-corrected chi connectivity index (χ2v) is 4.86. The quantitative estimate of drug-likeness (QED) is 0.926. The second kappa shape index (κ2) is 5.66. The number of rotatable bonds is 3. The molecule has 0 saturated carbocycles. The van der Waals surface area contributed by atoms with E-state index in [1.165, 1.54) is 5.56 Å². The van der Waals surface area contributed by atoms with Gasteiger partial charge in [-0.2, -0.15) is 0 Å². The van der Waals surface area contributed by atoms with Crippen LogP contribution in [0, 0.1) is 6.92 Å². The van der Waals surface area contributed by atoms with Gasteiger partial charge in [0.2, 0.25) is 0 Å². The van der Waals surface area contributed by atoms with Crippen LogP contribution < -0.4 is 5.32 Å². The lowest BCUT2D eigenvalue weighted by Gasteiger charge is -2.23. The molecule has 0 aliphatic carbocycles. The van der Waals surface area contributed by atoms with Crippen LogP contribution in [0.5, 0.6) is 0 Å². The van der Waals surface area contributed by atoms with Crippen LogP contribution in [-0.2, 0) is 9.47 Å². The summed E-state index contributed by atoms with van der Waals surface area (Å²) in [7, 11) is 0. The fourth-order valence-corrected chi connectivity index (χ4v) is 2.03. The van der Waals surface area contributed by atoms with Gasteiger partial charge in [0.25, 0.3) is 0 Å². The fraction of sp³-hybridized carbons (Fsp3) is 0.500. The molecule has 1 atom stereocenters. The predicted molar refractivity (Wildman–Crippen MR) is 67.7 cm³/mol. The molecule has 3 nitrogen and oxygen atoms in total. The third kappa shape index (κ3) is 3.20. The zero-order valence-corrected chi connectivity index (χ0v) is 10.9. The zero-order chi connectivity index (χ0) is 11.4. The first-order valence-electron chi connectivity index (χ1n) is 5.45. The van der Waals surface area contributed by atoms with Crippen molar-refractivity contribution in [2.24, 2.45) is 0 Å². The SMILES string of the molecule is Cc1ccc(Br)cc1NCC1CCOCO1. The largest absolute Gasteiger partial charge is 0.382 e. The van der Waals surface area contributed by atoms with Crippen LogP contribution in [-0.4, -0.2) is 26.0 Å². The van der Waals surface area contributed by atoms with Crippen molar-refractivity contribution in [3.8, 4) is 0 Å². The van der Waals surface area contributed by atoms with Gasteiger partial charge in [-0.1, -0.05) is 22.0 Å². The molecule has 2 rings (SSSR count). The van der Waals surface area contributed by atoms with Gasteiger partial charge in [0, 0.05) is 16.7 Å². The van der Waals surface area contributed by atoms with Crippen LogP contribution in [0.4, 0.5) is 5.69 Å². The minimum absolute atomic E-state index is 0.257. The molecule has 4 heteroatoms. The van der Waals surface area contributed by atoms with Gasteiger partial charge in [-0.25, -0.2) is 0 Å². The highest BCUT2D eigenvalue weighted by molar-refractivity contribution is 9.10. The molecule has 1 aliphatic heterocycles. The van der Waals surface area contributed by atoms with Gasteiger partial charge in [-0.15, -0.1) is 0 Å². The van der Waals surface area contributed by atoms with E-state index in [1.54, 1.807) is 0 Å². The summed E-state index contributed by atoms with van der Waals surface area (Å²) < 4.78 is 11.7. The molecular formula is C12H16BrNO2.